The van der Waals surface area contributed by atoms with Crippen LogP contribution in [0.5, 0.6) is 0 Å². The third-order valence-electron chi connectivity index (χ3n) is 2.68. The molecule has 0 aromatic heterocycles. The Labute approximate surface area is 109 Å². The highest BCUT2D eigenvalue weighted by atomic mass is 28.2. The maximum Gasteiger partial charge on any atom is 0.356 e. The van der Waals surface area contributed by atoms with Crippen molar-refractivity contribution in [3.05, 3.63) is 54.6 Å². The maximum absolute atomic E-state index is 11.0. The molecule has 2 rings (SSSR count). The van der Waals surface area contributed by atoms with Crippen LogP contribution in [0.3, 0.4) is 0 Å². The fraction of sp³-hybridized carbons (Fsp3) is 0.133. The Balaban J connectivity index is 2.51. The van der Waals surface area contributed by atoms with E-state index in [1.807, 2.05) is 18.2 Å². The van der Waals surface area contributed by atoms with Crippen molar-refractivity contribution in [3.63, 3.8) is 0 Å². The minimum absolute atomic E-state index is 0.0500. The first kappa shape index (κ1) is 12.6. The standard InChI is InChI=1S/C15H14O2Si/c1-3-6-13-10-9-12-7-4-5-8-14(12)15(13)18-17-11(2)16/h3-5,7-10H,1,6H2,2H3. The summed E-state index contributed by atoms with van der Waals surface area (Å²) in [7, 11) is 0.0500. The highest BCUT2D eigenvalue weighted by Gasteiger charge is 2.10. The molecule has 0 aliphatic carbocycles. The summed E-state index contributed by atoms with van der Waals surface area (Å²) in [5.41, 5.74) is 1.17. The molecule has 0 fully saturated rings. The predicted molar refractivity (Wildman–Crippen MR) is 75.0 cm³/mol. The van der Waals surface area contributed by atoms with E-state index in [0.717, 1.165) is 17.0 Å². The van der Waals surface area contributed by atoms with Gasteiger partial charge >= 0.3 is 9.76 Å². The van der Waals surface area contributed by atoms with Gasteiger partial charge in [0, 0.05) is 6.92 Å². The highest BCUT2D eigenvalue weighted by molar-refractivity contribution is 6.53. The van der Waals surface area contributed by atoms with E-state index in [1.165, 1.54) is 17.9 Å². The molecule has 0 amide bonds. The van der Waals surface area contributed by atoms with Crippen molar-refractivity contribution >= 4 is 31.7 Å². The van der Waals surface area contributed by atoms with Gasteiger partial charge in [0.2, 0.25) is 0 Å². The van der Waals surface area contributed by atoms with Gasteiger partial charge < -0.3 is 4.43 Å². The van der Waals surface area contributed by atoms with Crippen LogP contribution in [0.1, 0.15) is 12.5 Å². The Morgan fingerprint density at radius 1 is 1.33 bits per heavy atom. The number of carbonyl (C=O) groups is 1. The van der Waals surface area contributed by atoms with Gasteiger partial charge in [-0.05, 0) is 27.9 Å². The lowest BCUT2D eigenvalue weighted by Crippen LogP contribution is -2.24. The van der Waals surface area contributed by atoms with E-state index in [4.69, 9.17) is 4.43 Å². The van der Waals surface area contributed by atoms with E-state index < -0.39 is 0 Å². The normalized spacial score (nSPS) is 10.3. The Morgan fingerprint density at radius 3 is 2.83 bits per heavy atom. The molecular formula is C15H14O2Si. The summed E-state index contributed by atoms with van der Waals surface area (Å²) >= 11 is 0. The Morgan fingerprint density at radius 2 is 2.11 bits per heavy atom. The highest BCUT2D eigenvalue weighted by Crippen LogP contribution is 2.14. The summed E-state index contributed by atoms with van der Waals surface area (Å²) in [5.74, 6) is -0.245. The molecule has 2 radical (unpaired) electrons. The third-order valence-corrected chi connectivity index (χ3v) is 3.86. The van der Waals surface area contributed by atoms with E-state index in [2.05, 4.69) is 30.8 Å². The zero-order valence-electron chi connectivity index (χ0n) is 10.3. The molecule has 0 aliphatic heterocycles. The second-order valence-electron chi connectivity index (χ2n) is 4.01. The van der Waals surface area contributed by atoms with Crippen molar-refractivity contribution < 1.29 is 9.22 Å². The summed E-state index contributed by atoms with van der Waals surface area (Å²) < 4.78 is 5.18. The molecule has 2 nitrogen and oxygen atoms in total. The lowest BCUT2D eigenvalue weighted by Gasteiger charge is -2.10. The minimum atomic E-state index is -0.245. The minimum Gasteiger partial charge on any atom is -0.511 e. The monoisotopic (exact) mass is 254 g/mol. The average Bonchev–Trinajstić information content (AvgIpc) is 2.37. The van der Waals surface area contributed by atoms with Gasteiger partial charge in [-0.1, -0.05) is 42.5 Å². The molecule has 0 N–H and O–H groups in total. The summed E-state index contributed by atoms with van der Waals surface area (Å²) in [6.07, 6.45) is 2.65. The first-order chi connectivity index (χ1) is 8.72. The number of carbonyl (C=O) groups excluding carboxylic acids is 1. The van der Waals surface area contributed by atoms with Gasteiger partial charge in [-0.2, -0.15) is 0 Å². The fourth-order valence-electron chi connectivity index (χ4n) is 1.89. The largest absolute Gasteiger partial charge is 0.511 e. The summed E-state index contributed by atoms with van der Waals surface area (Å²) in [5, 5.41) is 3.42. The molecule has 90 valence electrons. The van der Waals surface area contributed by atoms with E-state index in [-0.39, 0.29) is 15.7 Å². The molecule has 0 saturated carbocycles. The van der Waals surface area contributed by atoms with Gasteiger partial charge in [0.1, 0.15) is 0 Å². The Bertz CT molecular complexity index is 590. The van der Waals surface area contributed by atoms with Gasteiger partial charge in [-0.15, -0.1) is 6.58 Å². The van der Waals surface area contributed by atoms with Gasteiger partial charge in [-0.25, -0.2) is 0 Å². The summed E-state index contributed by atoms with van der Waals surface area (Å²) in [6, 6.07) is 12.3. The topological polar surface area (TPSA) is 26.3 Å². The molecule has 0 spiro atoms. The number of hydrogen-bond acceptors (Lipinski definition) is 2. The Hall–Kier alpha value is -1.87. The predicted octanol–water partition coefficient (Wildman–Crippen LogP) is 2.38. The van der Waals surface area contributed by atoms with Crippen molar-refractivity contribution in [2.75, 3.05) is 0 Å². The van der Waals surface area contributed by atoms with Crippen LogP contribution in [0.15, 0.2) is 49.1 Å². The molecule has 3 heteroatoms. The van der Waals surface area contributed by atoms with Crippen molar-refractivity contribution in [1.82, 2.24) is 0 Å². The average molecular weight is 254 g/mol. The first-order valence-corrected chi connectivity index (χ1v) is 6.68. The van der Waals surface area contributed by atoms with E-state index >= 15 is 0 Å². The van der Waals surface area contributed by atoms with Crippen LogP contribution >= 0.6 is 0 Å². The molecule has 0 unspecified atom stereocenters. The van der Waals surface area contributed by atoms with E-state index in [1.54, 1.807) is 0 Å². The van der Waals surface area contributed by atoms with Crippen LogP contribution in [0.25, 0.3) is 10.8 Å². The van der Waals surface area contributed by atoms with Crippen LogP contribution in [-0.2, 0) is 15.6 Å². The summed E-state index contributed by atoms with van der Waals surface area (Å²) in [6.45, 7) is 5.20. The Kier molecular flexibility index (Phi) is 3.94. The molecule has 0 atom stereocenters. The smallest absolute Gasteiger partial charge is 0.356 e. The number of hydrogen-bond donors (Lipinski definition) is 0. The van der Waals surface area contributed by atoms with Crippen molar-refractivity contribution in [2.24, 2.45) is 0 Å². The molecule has 0 heterocycles. The second kappa shape index (κ2) is 5.64. The van der Waals surface area contributed by atoms with Crippen LogP contribution < -0.4 is 5.19 Å². The second-order valence-corrected chi connectivity index (χ2v) is 4.92. The van der Waals surface area contributed by atoms with E-state index in [9.17, 15) is 4.79 Å². The zero-order valence-corrected chi connectivity index (χ0v) is 11.3. The van der Waals surface area contributed by atoms with Crippen LogP contribution in [-0.4, -0.2) is 15.7 Å². The lowest BCUT2D eigenvalue weighted by atomic mass is 10.0. The van der Waals surface area contributed by atoms with Gasteiger partial charge in [0.25, 0.3) is 5.97 Å². The maximum atomic E-state index is 11.0. The third kappa shape index (κ3) is 2.68. The molecule has 18 heavy (non-hydrogen) atoms. The van der Waals surface area contributed by atoms with Gasteiger partial charge in [0.15, 0.2) is 0 Å². The van der Waals surface area contributed by atoms with Crippen LogP contribution in [0.4, 0.5) is 0 Å². The van der Waals surface area contributed by atoms with Crippen molar-refractivity contribution in [2.45, 2.75) is 13.3 Å². The number of fused-ring (bicyclic) bond motifs is 1. The van der Waals surface area contributed by atoms with Crippen LogP contribution in [0.2, 0.25) is 0 Å². The number of allylic oxidation sites excluding steroid dienone is 1. The van der Waals surface area contributed by atoms with Gasteiger partial charge in [-0.3, -0.25) is 4.79 Å². The molecule has 2 aromatic rings. The first-order valence-electron chi connectivity index (χ1n) is 5.77. The van der Waals surface area contributed by atoms with Gasteiger partial charge in [0.05, 0.1) is 0 Å². The van der Waals surface area contributed by atoms with Crippen molar-refractivity contribution in [1.29, 1.82) is 0 Å². The fourth-order valence-corrected chi connectivity index (χ4v) is 2.79. The van der Waals surface area contributed by atoms with Crippen LogP contribution in [0, 0.1) is 0 Å². The van der Waals surface area contributed by atoms with E-state index in [0.29, 0.717) is 0 Å². The zero-order chi connectivity index (χ0) is 13.0. The molecule has 0 aliphatic rings. The summed E-state index contributed by atoms with van der Waals surface area (Å²) in [4.78, 5) is 11.0. The number of benzene rings is 2. The molecule has 0 bridgehead atoms. The molecule has 0 saturated heterocycles. The SMILES string of the molecule is C=CCc1ccc2ccccc2c1[Si]OC(C)=O. The number of rotatable bonds is 4. The lowest BCUT2D eigenvalue weighted by molar-refractivity contribution is -0.131. The molecular weight excluding hydrogens is 240 g/mol. The quantitative estimate of drug-likeness (QED) is 0.618. The molecule has 2 aromatic carbocycles. The van der Waals surface area contributed by atoms with Crippen molar-refractivity contribution in [3.8, 4) is 0 Å².